The summed E-state index contributed by atoms with van der Waals surface area (Å²) in [6.07, 6.45) is 6.27. The molecule has 358 valence electrons. The fourth-order valence-electron chi connectivity index (χ4n) is 14.1. The number of hydrogen-bond acceptors (Lipinski definition) is 3. The van der Waals surface area contributed by atoms with E-state index in [9.17, 15) is 0 Å². The monoisotopic (exact) mass is 962 g/mol. The minimum absolute atomic E-state index is 0.0318. The summed E-state index contributed by atoms with van der Waals surface area (Å²) in [5.74, 6) is 0. The molecule has 0 saturated heterocycles. The largest absolute Gasteiger partial charge is 0.310 e. The van der Waals surface area contributed by atoms with Gasteiger partial charge in [-0.15, -0.1) is 11.3 Å². The van der Waals surface area contributed by atoms with Gasteiger partial charge >= 0.3 is 0 Å². The van der Waals surface area contributed by atoms with Gasteiger partial charge in [0.1, 0.15) is 5.01 Å². The van der Waals surface area contributed by atoms with Gasteiger partial charge in [0.25, 0.3) is 0 Å². The van der Waals surface area contributed by atoms with Crippen LogP contribution >= 0.6 is 11.3 Å². The molecule has 9 aromatic carbocycles. The zero-order valence-corrected chi connectivity index (χ0v) is 43.8. The van der Waals surface area contributed by atoms with Crippen molar-refractivity contribution in [3.05, 3.63) is 228 Å². The summed E-state index contributed by atoms with van der Waals surface area (Å²) in [5, 5.41) is 1.09. The second kappa shape index (κ2) is 17.4. The Morgan fingerprint density at radius 1 is 0.329 bits per heavy atom. The van der Waals surface area contributed by atoms with Crippen molar-refractivity contribution in [3.8, 4) is 66.2 Å². The summed E-state index contributed by atoms with van der Waals surface area (Å²) in [5.41, 5.74) is 27.8. The van der Waals surface area contributed by atoms with Gasteiger partial charge < -0.3 is 4.90 Å². The molecule has 0 aliphatic heterocycles. The second-order valence-corrected chi connectivity index (χ2v) is 21.9. The Morgan fingerprint density at radius 2 is 0.712 bits per heavy atom. The molecule has 73 heavy (non-hydrogen) atoms. The van der Waals surface area contributed by atoms with Gasteiger partial charge in [0.2, 0.25) is 0 Å². The van der Waals surface area contributed by atoms with Crippen LogP contribution < -0.4 is 4.90 Å². The Balaban J connectivity index is 0.853. The lowest BCUT2D eigenvalue weighted by Gasteiger charge is -2.32. The maximum atomic E-state index is 5.05. The first kappa shape index (κ1) is 45.5. The van der Waals surface area contributed by atoms with E-state index in [4.69, 9.17) is 4.98 Å². The third-order valence-corrected chi connectivity index (χ3v) is 19.3. The number of thiazole rings is 1. The van der Waals surface area contributed by atoms with Gasteiger partial charge in [0.15, 0.2) is 0 Å². The first-order chi connectivity index (χ1) is 35.8. The highest BCUT2D eigenvalue weighted by molar-refractivity contribution is 7.21. The number of aromatic nitrogens is 1. The van der Waals surface area contributed by atoms with Gasteiger partial charge in [0.05, 0.1) is 10.2 Å². The molecule has 0 amide bonds. The molecule has 0 saturated carbocycles. The summed E-state index contributed by atoms with van der Waals surface area (Å²) in [7, 11) is 0. The molecule has 10 aromatic rings. The number of benzene rings is 9. The second-order valence-electron chi connectivity index (χ2n) is 20.9. The van der Waals surface area contributed by atoms with Crippen LogP contribution in [-0.2, 0) is 16.2 Å². The Bertz CT molecular complexity index is 3700. The van der Waals surface area contributed by atoms with E-state index in [2.05, 4.69) is 241 Å². The van der Waals surface area contributed by atoms with Crippen molar-refractivity contribution < 1.29 is 0 Å². The number of rotatable bonds is 12. The molecule has 0 bridgehead atoms. The van der Waals surface area contributed by atoms with Crippen molar-refractivity contribution in [2.45, 2.75) is 96.3 Å². The summed E-state index contributed by atoms with van der Waals surface area (Å²) >= 11 is 1.79. The molecule has 3 aliphatic rings. The summed E-state index contributed by atoms with van der Waals surface area (Å²) in [6, 6.07) is 73.9. The van der Waals surface area contributed by atoms with E-state index in [1.54, 1.807) is 11.3 Å². The maximum absolute atomic E-state index is 5.05. The summed E-state index contributed by atoms with van der Waals surface area (Å²) < 4.78 is 1.23. The van der Waals surface area contributed by atoms with Crippen LogP contribution in [0.2, 0.25) is 0 Å². The fraction of sp³-hybridized carbons (Fsp3) is 0.214. The molecule has 0 unspecified atom stereocenters. The molecular formula is C70H62N2S. The number of nitrogens with zero attached hydrogens (tertiary/aromatic N) is 2. The minimum atomic E-state index is -0.0932. The van der Waals surface area contributed by atoms with Crippen molar-refractivity contribution in [3.63, 3.8) is 0 Å². The van der Waals surface area contributed by atoms with Crippen molar-refractivity contribution in [1.82, 2.24) is 4.98 Å². The van der Waals surface area contributed by atoms with Crippen molar-refractivity contribution in [2.75, 3.05) is 4.90 Å². The molecule has 0 radical (unpaired) electrons. The van der Waals surface area contributed by atoms with E-state index in [-0.39, 0.29) is 16.2 Å². The summed E-state index contributed by atoms with van der Waals surface area (Å²) in [4.78, 5) is 7.46. The Hall–Kier alpha value is -7.33. The van der Waals surface area contributed by atoms with E-state index in [1.165, 1.54) is 105 Å². The Kier molecular flexibility index (Phi) is 10.9. The van der Waals surface area contributed by atoms with E-state index >= 15 is 0 Å². The third kappa shape index (κ3) is 6.63. The van der Waals surface area contributed by atoms with Crippen LogP contribution in [0.1, 0.15) is 113 Å². The quantitative estimate of drug-likeness (QED) is 0.121. The van der Waals surface area contributed by atoms with Gasteiger partial charge in [0, 0.05) is 38.9 Å². The van der Waals surface area contributed by atoms with Crippen molar-refractivity contribution in [2.24, 2.45) is 0 Å². The predicted octanol–water partition coefficient (Wildman–Crippen LogP) is 20.0. The van der Waals surface area contributed by atoms with Gasteiger partial charge in [-0.05, 0) is 206 Å². The zero-order chi connectivity index (χ0) is 49.6. The molecule has 1 heterocycles. The molecule has 0 spiro atoms. The average Bonchev–Trinajstić information content (AvgIpc) is 4.18. The Labute approximate surface area is 436 Å². The summed E-state index contributed by atoms with van der Waals surface area (Å²) in [6.45, 7) is 14.3. The van der Waals surface area contributed by atoms with E-state index in [0.717, 1.165) is 60.4 Å². The smallest absolute Gasteiger partial charge is 0.124 e. The van der Waals surface area contributed by atoms with Crippen LogP contribution in [0, 0.1) is 0 Å². The topological polar surface area (TPSA) is 16.1 Å². The molecule has 1 aromatic heterocycles. The molecule has 0 atom stereocenters. The number of fused-ring (bicyclic) bond motifs is 10. The highest BCUT2D eigenvalue weighted by atomic mass is 32.1. The van der Waals surface area contributed by atoms with Crippen LogP contribution in [-0.4, -0.2) is 4.98 Å². The molecular weight excluding hydrogens is 901 g/mol. The average molecular weight is 963 g/mol. The fourth-order valence-corrected chi connectivity index (χ4v) is 15.1. The van der Waals surface area contributed by atoms with Gasteiger partial charge in [-0.25, -0.2) is 4.98 Å². The standard InChI is InChI=1S/C70H62N2S/c1-7-68(8-2)59-38-31-49(67-71-65-25-19-20-26-66(65)73-67)39-58(59)57-36-30-48(43-63(57)68)46-28-34-54-53-33-27-45(40-60(53)69(9-3,10-4)61(54)41-46)47-29-35-55-56-37-32-52(44-64(56)70(11-5,12-6)62(55)42-47)72(50-21-15-13-16-22-50)51-23-17-14-18-24-51/h13-44H,7-12H2,1-6H3. The first-order valence-electron chi connectivity index (χ1n) is 27.0. The lowest BCUT2D eigenvalue weighted by Crippen LogP contribution is -2.24. The zero-order valence-electron chi connectivity index (χ0n) is 43.0. The van der Waals surface area contributed by atoms with Gasteiger partial charge in [-0.2, -0.15) is 0 Å². The number of anilines is 3. The van der Waals surface area contributed by atoms with Crippen LogP contribution in [0.15, 0.2) is 194 Å². The van der Waals surface area contributed by atoms with Crippen LogP contribution in [0.5, 0.6) is 0 Å². The van der Waals surface area contributed by atoms with E-state index in [0.29, 0.717) is 0 Å². The predicted molar refractivity (Wildman–Crippen MR) is 311 cm³/mol. The maximum Gasteiger partial charge on any atom is 0.124 e. The molecule has 3 aliphatic carbocycles. The highest BCUT2D eigenvalue weighted by Crippen LogP contribution is 2.59. The lowest BCUT2D eigenvalue weighted by molar-refractivity contribution is 0.490. The molecule has 0 N–H and O–H groups in total. The Morgan fingerprint density at radius 3 is 1.16 bits per heavy atom. The van der Waals surface area contributed by atoms with Crippen molar-refractivity contribution >= 4 is 38.6 Å². The van der Waals surface area contributed by atoms with E-state index in [1.807, 2.05) is 0 Å². The van der Waals surface area contributed by atoms with Crippen LogP contribution in [0.25, 0.3) is 76.4 Å². The van der Waals surface area contributed by atoms with Crippen molar-refractivity contribution in [1.29, 1.82) is 0 Å². The SMILES string of the molecule is CCC1(CC)c2ccc(-c3nc4ccccc4s3)cc2-c2ccc(-c3ccc4c(c3)C(CC)(CC)c3cc(-c5ccc6c(c5)C(CC)(CC)c5cc(N(c7ccccc7)c7ccccc7)ccc5-6)ccc3-4)cc21. The molecule has 2 nitrogen and oxygen atoms in total. The van der Waals surface area contributed by atoms with Gasteiger partial charge in [-0.1, -0.05) is 157 Å². The third-order valence-electron chi connectivity index (χ3n) is 18.2. The first-order valence-corrected chi connectivity index (χ1v) is 27.8. The minimum Gasteiger partial charge on any atom is -0.310 e. The number of hydrogen-bond donors (Lipinski definition) is 0. The van der Waals surface area contributed by atoms with Crippen LogP contribution in [0.4, 0.5) is 17.1 Å². The van der Waals surface area contributed by atoms with Gasteiger partial charge in [-0.3, -0.25) is 0 Å². The molecule has 3 heteroatoms. The lowest BCUT2D eigenvalue weighted by atomic mass is 9.72. The molecule has 13 rings (SSSR count). The van der Waals surface area contributed by atoms with Crippen LogP contribution in [0.3, 0.4) is 0 Å². The normalized spacial score (nSPS) is 14.8. The molecule has 0 fully saturated rings. The number of para-hydroxylation sites is 3. The highest BCUT2D eigenvalue weighted by Gasteiger charge is 2.44. The van der Waals surface area contributed by atoms with E-state index < -0.39 is 0 Å².